The molecule has 0 bridgehead atoms. The molecule has 1 fully saturated rings. The Hall–Kier alpha value is -3.23. The van der Waals surface area contributed by atoms with Crippen LogP contribution >= 0.6 is 0 Å². The summed E-state index contributed by atoms with van der Waals surface area (Å²) in [4.78, 5) is 30.7. The predicted molar refractivity (Wildman–Crippen MR) is 130 cm³/mol. The van der Waals surface area contributed by atoms with Crippen molar-refractivity contribution < 1.29 is 19.1 Å². The molecule has 34 heavy (non-hydrogen) atoms. The number of morpholine rings is 1. The Bertz CT molecular complexity index is 1050. The van der Waals surface area contributed by atoms with E-state index >= 15 is 0 Å². The summed E-state index contributed by atoms with van der Waals surface area (Å²) in [5.41, 5.74) is 4.55. The second-order valence-corrected chi connectivity index (χ2v) is 8.61. The number of carbonyl (C=O) groups excluding carboxylic acids is 2. The summed E-state index contributed by atoms with van der Waals surface area (Å²) in [5, 5.41) is 8.43. The van der Waals surface area contributed by atoms with Gasteiger partial charge < -0.3 is 19.3 Å². The second-order valence-electron chi connectivity index (χ2n) is 8.61. The van der Waals surface area contributed by atoms with Crippen LogP contribution in [0.15, 0.2) is 42.5 Å². The lowest BCUT2D eigenvalue weighted by molar-refractivity contribution is -0.144. The summed E-state index contributed by atoms with van der Waals surface area (Å²) < 4.78 is 10.4. The number of amides is 1. The van der Waals surface area contributed by atoms with Gasteiger partial charge in [-0.15, -0.1) is 0 Å². The topological polar surface area (TPSA) is 86.2 Å². The van der Waals surface area contributed by atoms with Gasteiger partial charge >= 0.3 is 5.97 Å². The molecule has 1 amide bonds. The van der Waals surface area contributed by atoms with Gasteiger partial charge in [0.1, 0.15) is 5.84 Å². The molecular formula is C26H32N4O4. The Morgan fingerprint density at radius 1 is 1.03 bits per heavy atom. The standard InChI is InChI=1S/C26H32N4O4/c1-3-34-24(31)18-29-11-10-19-8-9-23(16-22(19)17-29)28(2)26(32)21-6-4-20(5-7-21)25(27)30-12-14-33-15-13-30/h4-9,16,27H,3,10-15,17-18H2,1-2H3. The maximum absolute atomic E-state index is 13.2. The minimum absolute atomic E-state index is 0.108. The fourth-order valence-corrected chi connectivity index (χ4v) is 4.39. The summed E-state index contributed by atoms with van der Waals surface area (Å²) in [5.74, 6) is 0.140. The molecule has 2 aliphatic rings. The number of anilines is 1. The average Bonchev–Trinajstić information content (AvgIpc) is 2.87. The Labute approximate surface area is 200 Å². The lowest BCUT2D eigenvalue weighted by Gasteiger charge is -2.29. The summed E-state index contributed by atoms with van der Waals surface area (Å²) in [7, 11) is 1.77. The Balaban J connectivity index is 1.42. The Morgan fingerprint density at radius 2 is 1.74 bits per heavy atom. The lowest BCUT2D eigenvalue weighted by Crippen LogP contribution is -2.40. The van der Waals surface area contributed by atoms with Crippen molar-refractivity contribution in [3.8, 4) is 0 Å². The van der Waals surface area contributed by atoms with Gasteiger partial charge in [-0.1, -0.05) is 18.2 Å². The van der Waals surface area contributed by atoms with Gasteiger partial charge in [0.2, 0.25) is 0 Å². The Morgan fingerprint density at radius 3 is 2.44 bits per heavy atom. The van der Waals surface area contributed by atoms with Crippen molar-refractivity contribution in [2.75, 3.05) is 57.9 Å². The van der Waals surface area contributed by atoms with E-state index in [4.69, 9.17) is 14.9 Å². The maximum Gasteiger partial charge on any atom is 0.320 e. The highest BCUT2D eigenvalue weighted by atomic mass is 16.5. The molecule has 8 heteroatoms. The van der Waals surface area contributed by atoms with E-state index in [1.165, 1.54) is 5.56 Å². The minimum atomic E-state index is -0.209. The number of rotatable bonds is 6. The Kier molecular flexibility index (Phi) is 7.59. The van der Waals surface area contributed by atoms with Crippen molar-refractivity contribution in [2.45, 2.75) is 19.9 Å². The van der Waals surface area contributed by atoms with Crippen molar-refractivity contribution in [1.29, 1.82) is 5.41 Å². The highest BCUT2D eigenvalue weighted by molar-refractivity contribution is 6.06. The number of nitrogens with zero attached hydrogens (tertiary/aromatic N) is 3. The van der Waals surface area contributed by atoms with Crippen molar-refractivity contribution >= 4 is 23.4 Å². The molecule has 0 unspecified atom stereocenters. The molecule has 2 aliphatic heterocycles. The van der Waals surface area contributed by atoms with Gasteiger partial charge in [-0.05, 0) is 48.7 Å². The SMILES string of the molecule is CCOC(=O)CN1CCc2ccc(N(C)C(=O)c3ccc(C(=N)N4CCOCC4)cc3)cc2C1. The second kappa shape index (κ2) is 10.8. The molecule has 1 N–H and O–H groups in total. The first-order valence-corrected chi connectivity index (χ1v) is 11.8. The number of benzene rings is 2. The molecule has 0 spiro atoms. The van der Waals surface area contributed by atoms with Crippen LogP contribution in [0, 0.1) is 5.41 Å². The predicted octanol–water partition coefficient (Wildman–Crippen LogP) is 2.54. The fraction of sp³-hybridized carbons (Fsp3) is 0.423. The van der Waals surface area contributed by atoms with Crippen LogP contribution in [0.3, 0.4) is 0 Å². The average molecular weight is 465 g/mol. The van der Waals surface area contributed by atoms with Crippen LogP contribution in [-0.4, -0.2) is 80.6 Å². The zero-order chi connectivity index (χ0) is 24.1. The third-order valence-electron chi connectivity index (χ3n) is 6.36. The van der Waals surface area contributed by atoms with Gasteiger partial charge in [0.25, 0.3) is 5.91 Å². The molecule has 0 saturated carbocycles. The molecular weight excluding hydrogens is 432 g/mol. The largest absolute Gasteiger partial charge is 0.465 e. The van der Waals surface area contributed by atoms with E-state index in [0.29, 0.717) is 50.9 Å². The number of nitrogens with one attached hydrogen (secondary N) is 1. The monoisotopic (exact) mass is 464 g/mol. The fourth-order valence-electron chi connectivity index (χ4n) is 4.39. The van der Waals surface area contributed by atoms with Crippen LogP contribution in [-0.2, 0) is 27.2 Å². The van der Waals surface area contributed by atoms with E-state index in [1.807, 2.05) is 36.1 Å². The van der Waals surface area contributed by atoms with Crippen LogP contribution in [0.25, 0.3) is 0 Å². The van der Waals surface area contributed by atoms with Crippen molar-refractivity contribution in [2.24, 2.45) is 0 Å². The maximum atomic E-state index is 13.2. The van der Waals surface area contributed by atoms with E-state index in [2.05, 4.69) is 11.0 Å². The smallest absolute Gasteiger partial charge is 0.320 e. The normalized spacial score (nSPS) is 16.0. The summed E-state index contributed by atoms with van der Waals surface area (Å²) >= 11 is 0. The van der Waals surface area contributed by atoms with E-state index in [1.54, 1.807) is 24.1 Å². The molecule has 180 valence electrons. The van der Waals surface area contributed by atoms with Crippen LogP contribution in [0.2, 0.25) is 0 Å². The zero-order valence-corrected chi connectivity index (χ0v) is 19.9. The number of carbonyl (C=O) groups is 2. The summed E-state index contributed by atoms with van der Waals surface area (Å²) in [6.45, 7) is 6.61. The highest BCUT2D eigenvalue weighted by Gasteiger charge is 2.22. The number of amidine groups is 1. The van der Waals surface area contributed by atoms with Gasteiger partial charge in [0.05, 0.1) is 26.4 Å². The number of hydrogen-bond donors (Lipinski definition) is 1. The molecule has 1 saturated heterocycles. The quantitative estimate of drug-likeness (QED) is 0.402. The van der Waals surface area contributed by atoms with E-state index in [0.717, 1.165) is 29.8 Å². The lowest BCUT2D eigenvalue weighted by atomic mass is 9.98. The van der Waals surface area contributed by atoms with Crippen molar-refractivity contribution in [3.63, 3.8) is 0 Å². The number of ether oxygens (including phenoxy) is 2. The van der Waals surface area contributed by atoms with Gasteiger partial charge in [-0.25, -0.2) is 0 Å². The molecule has 2 aromatic carbocycles. The van der Waals surface area contributed by atoms with Crippen LogP contribution in [0.4, 0.5) is 5.69 Å². The summed E-state index contributed by atoms with van der Waals surface area (Å²) in [6, 6.07) is 13.3. The van der Waals surface area contributed by atoms with Crippen LogP contribution in [0.1, 0.15) is 34.0 Å². The van der Waals surface area contributed by atoms with E-state index in [9.17, 15) is 9.59 Å². The molecule has 0 radical (unpaired) electrons. The third kappa shape index (κ3) is 5.46. The van der Waals surface area contributed by atoms with Crippen molar-refractivity contribution in [1.82, 2.24) is 9.80 Å². The van der Waals surface area contributed by atoms with Crippen LogP contribution < -0.4 is 4.90 Å². The van der Waals surface area contributed by atoms with E-state index < -0.39 is 0 Å². The summed E-state index contributed by atoms with van der Waals surface area (Å²) in [6.07, 6.45) is 0.864. The number of hydrogen-bond acceptors (Lipinski definition) is 6. The molecule has 0 aromatic heterocycles. The molecule has 8 nitrogen and oxygen atoms in total. The molecule has 2 aromatic rings. The first-order chi connectivity index (χ1) is 16.5. The first-order valence-electron chi connectivity index (χ1n) is 11.8. The van der Waals surface area contributed by atoms with Crippen molar-refractivity contribution in [3.05, 3.63) is 64.7 Å². The van der Waals surface area contributed by atoms with E-state index in [-0.39, 0.29) is 18.4 Å². The molecule has 0 aliphatic carbocycles. The third-order valence-corrected chi connectivity index (χ3v) is 6.36. The number of esters is 1. The first kappa shape index (κ1) is 23.9. The highest BCUT2D eigenvalue weighted by Crippen LogP contribution is 2.25. The van der Waals surface area contributed by atoms with Gasteiger partial charge in [-0.3, -0.25) is 19.9 Å². The van der Waals surface area contributed by atoms with Gasteiger partial charge in [-0.2, -0.15) is 0 Å². The zero-order valence-electron chi connectivity index (χ0n) is 19.9. The van der Waals surface area contributed by atoms with Crippen LogP contribution in [0.5, 0.6) is 0 Å². The van der Waals surface area contributed by atoms with Gasteiger partial charge in [0, 0.05) is 50.0 Å². The number of fused-ring (bicyclic) bond motifs is 1. The molecule has 4 rings (SSSR count). The minimum Gasteiger partial charge on any atom is -0.465 e. The molecule has 2 heterocycles. The van der Waals surface area contributed by atoms with Gasteiger partial charge in [0.15, 0.2) is 0 Å². The molecule has 0 atom stereocenters.